The molecular weight excluding hydrogens is 543 g/mol. The van der Waals surface area contributed by atoms with Crippen LogP contribution in [-0.2, 0) is 20.2 Å². The van der Waals surface area contributed by atoms with Crippen LogP contribution in [0.1, 0.15) is 64.6 Å². The largest absolute Gasteiger partial charge is 0.457 e. The number of alkyl halides is 4. The lowest BCUT2D eigenvalue weighted by molar-refractivity contribution is -0.154. The van der Waals surface area contributed by atoms with Crippen LogP contribution in [0.3, 0.4) is 0 Å². The van der Waals surface area contributed by atoms with Crippen LogP contribution < -0.4 is 0 Å². The van der Waals surface area contributed by atoms with Crippen LogP contribution in [0.25, 0.3) is 6.08 Å². The number of Topliss-reactive ketones (excluding diaryl/α,β-unsaturated/α-hetero) is 1. The Morgan fingerprint density at radius 2 is 1.95 bits per heavy atom. The first-order valence-electron chi connectivity index (χ1n) is 12.3. The van der Waals surface area contributed by atoms with Gasteiger partial charge in [-0.2, -0.15) is 13.2 Å². The molecule has 2 N–H and O–H groups in total. The van der Waals surface area contributed by atoms with Crippen molar-refractivity contribution in [2.75, 3.05) is 0 Å². The number of thiazole rings is 1. The molecule has 0 bridgehead atoms. The Labute approximate surface area is 230 Å². The van der Waals surface area contributed by atoms with E-state index in [-0.39, 0.29) is 12.3 Å². The van der Waals surface area contributed by atoms with E-state index in [2.05, 4.69) is 4.98 Å². The summed E-state index contributed by atoms with van der Waals surface area (Å²) in [7, 11) is 0. The summed E-state index contributed by atoms with van der Waals surface area (Å²) in [5, 5.41) is 23.8. The van der Waals surface area contributed by atoms with Crippen molar-refractivity contribution in [2.24, 2.45) is 17.3 Å². The monoisotopic (exact) mass is 577 g/mol. The van der Waals surface area contributed by atoms with Crippen molar-refractivity contribution in [3.05, 3.63) is 45.5 Å². The van der Waals surface area contributed by atoms with Crippen molar-refractivity contribution < 1.29 is 37.7 Å². The number of carbonyl (C=O) groups is 2. The maximum absolute atomic E-state index is 13.8. The van der Waals surface area contributed by atoms with Gasteiger partial charge in [0.25, 0.3) is 0 Å². The van der Waals surface area contributed by atoms with Gasteiger partial charge in [-0.15, -0.1) is 22.9 Å². The van der Waals surface area contributed by atoms with Gasteiger partial charge < -0.3 is 14.9 Å². The molecule has 1 aromatic rings. The number of rotatable bonds is 3. The first kappa shape index (κ1) is 32.2. The molecule has 0 saturated heterocycles. The highest BCUT2D eigenvalue weighted by molar-refractivity contribution is 7.09. The molecule has 0 aliphatic carbocycles. The number of allylic oxidation sites excluding steroid dienone is 2. The molecule has 1 aliphatic heterocycles. The quantitative estimate of drug-likeness (QED) is 0.259. The minimum atomic E-state index is -4.63. The average molecular weight is 578 g/mol. The summed E-state index contributed by atoms with van der Waals surface area (Å²) in [4.78, 5) is 30.3. The van der Waals surface area contributed by atoms with Gasteiger partial charge >= 0.3 is 12.1 Å². The van der Waals surface area contributed by atoms with Crippen LogP contribution in [0.5, 0.6) is 0 Å². The smallest absolute Gasteiger partial charge is 0.412 e. The van der Waals surface area contributed by atoms with E-state index in [1.165, 1.54) is 44.3 Å². The van der Waals surface area contributed by atoms with Crippen LogP contribution in [0, 0.1) is 17.3 Å². The van der Waals surface area contributed by atoms with Gasteiger partial charge in [-0.25, -0.2) is 4.98 Å². The summed E-state index contributed by atoms with van der Waals surface area (Å²) in [6, 6.07) is 0. The number of carbonyl (C=O) groups excluding carboxylic acids is 2. The third-order valence-corrected chi connectivity index (χ3v) is 8.13. The van der Waals surface area contributed by atoms with E-state index in [0.717, 1.165) is 6.08 Å². The van der Waals surface area contributed by atoms with Crippen LogP contribution in [0.15, 0.2) is 34.8 Å². The maximum Gasteiger partial charge on any atom is 0.412 e. The molecule has 2 rings (SSSR count). The maximum atomic E-state index is 13.8. The van der Waals surface area contributed by atoms with Crippen LogP contribution in [0.4, 0.5) is 13.2 Å². The summed E-state index contributed by atoms with van der Waals surface area (Å²) in [5.41, 5.74) is -1.24. The number of hydrogen-bond acceptors (Lipinski definition) is 7. The Bertz CT molecular complexity index is 1080. The number of aliphatic hydroxyl groups is 2. The standard InChI is InChI=1S/C27H35ClF3NO5S/c1-15-7-6-8-18(27(29,30)31)9-10-20(16(2)11-19-14-38-22(13-28)32-19)37-23(34)12-21(33)26(4,5)25(36)17(3)24(15)35/h6-7,9,11,14-15,17,20-21,24,33,35H,8,10,12-13H2,1-5H3/b7-6+,16-11+,18-9+. The first-order chi connectivity index (χ1) is 17.6. The minimum Gasteiger partial charge on any atom is -0.457 e. The Balaban J connectivity index is 2.50. The van der Waals surface area contributed by atoms with E-state index < -0.39 is 71.9 Å². The van der Waals surface area contributed by atoms with E-state index >= 15 is 0 Å². The fourth-order valence-corrected chi connectivity index (χ4v) is 5.02. The van der Waals surface area contributed by atoms with Crippen LogP contribution in [0.2, 0.25) is 0 Å². The highest BCUT2D eigenvalue weighted by Crippen LogP contribution is 2.33. The number of halogens is 4. The molecule has 1 aromatic heterocycles. The number of hydrogen-bond donors (Lipinski definition) is 2. The Kier molecular flexibility index (Phi) is 11.3. The molecule has 212 valence electrons. The van der Waals surface area contributed by atoms with Crippen molar-refractivity contribution in [1.82, 2.24) is 4.98 Å². The second-order valence-corrected chi connectivity index (χ2v) is 11.4. The molecule has 2 heterocycles. The van der Waals surface area contributed by atoms with Gasteiger partial charge in [0, 0.05) is 29.2 Å². The number of cyclic esters (lactones) is 1. The van der Waals surface area contributed by atoms with Gasteiger partial charge in [-0.05, 0) is 25.0 Å². The molecule has 38 heavy (non-hydrogen) atoms. The van der Waals surface area contributed by atoms with Crippen LogP contribution in [-0.4, -0.2) is 51.4 Å². The van der Waals surface area contributed by atoms with E-state index in [9.17, 15) is 33.0 Å². The molecule has 1 aliphatic rings. The fraction of sp³-hybridized carbons (Fsp3) is 0.593. The zero-order chi connectivity index (χ0) is 28.8. The van der Waals surface area contributed by atoms with Gasteiger partial charge in [0.05, 0.1) is 35.6 Å². The highest BCUT2D eigenvalue weighted by Gasteiger charge is 2.42. The molecule has 6 nitrogen and oxygen atoms in total. The lowest BCUT2D eigenvalue weighted by Crippen LogP contribution is -2.45. The van der Waals surface area contributed by atoms with Gasteiger partial charge in [-0.1, -0.05) is 45.9 Å². The zero-order valence-corrected chi connectivity index (χ0v) is 23.7. The summed E-state index contributed by atoms with van der Waals surface area (Å²) in [6.07, 6.45) is -4.24. The average Bonchev–Trinajstić information content (AvgIpc) is 3.29. The minimum absolute atomic E-state index is 0.210. The summed E-state index contributed by atoms with van der Waals surface area (Å²) >= 11 is 7.12. The lowest BCUT2D eigenvalue weighted by Gasteiger charge is -2.34. The zero-order valence-electron chi connectivity index (χ0n) is 22.1. The fourth-order valence-electron chi connectivity index (χ4n) is 4.17. The summed E-state index contributed by atoms with van der Waals surface area (Å²) in [6.45, 7) is 7.68. The van der Waals surface area contributed by atoms with E-state index in [1.54, 1.807) is 25.3 Å². The second kappa shape index (κ2) is 13.4. The van der Waals surface area contributed by atoms with E-state index in [1.807, 2.05) is 0 Å². The normalized spacial score (nSPS) is 30.9. The number of ketones is 1. The van der Waals surface area contributed by atoms with E-state index in [0.29, 0.717) is 16.3 Å². The Hall–Kier alpha value is -2.01. The lowest BCUT2D eigenvalue weighted by atomic mass is 9.73. The number of aliphatic hydroxyl groups excluding tert-OH is 2. The molecule has 0 amide bonds. The topological polar surface area (TPSA) is 96.7 Å². The molecular formula is C27H35ClF3NO5S. The van der Waals surface area contributed by atoms with Gasteiger partial charge in [0.2, 0.25) is 0 Å². The Morgan fingerprint density at radius 1 is 1.29 bits per heavy atom. The summed E-state index contributed by atoms with van der Waals surface area (Å²) < 4.78 is 46.9. The van der Waals surface area contributed by atoms with Crippen molar-refractivity contribution in [1.29, 1.82) is 0 Å². The van der Waals surface area contributed by atoms with Gasteiger partial charge in [-0.3, -0.25) is 9.59 Å². The number of ether oxygens (including phenoxy) is 1. The molecule has 0 saturated carbocycles. The SMILES string of the molecule is C/C(=C\c1csc(CCl)n1)C1C/C=C(/C(F)(F)F)C/C=C/C(C)C(O)C(C)C(=O)C(C)(C)C(O)CC(=O)O1. The van der Waals surface area contributed by atoms with Crippen molar-refractivity contribution >= 4 is 40.8 Å². The summed E-state index contributed by atoms with van der Waals surface area (Å²) in [5.74, 6) is -2.69. The number of nitrogens with zero attached hydrogens (tertiary/aromatic N) is 1. The molecule has 5 atom stereocenters. The predicted molar refractivity (Wildman–Crippen MR) is 141 cm³/mol. The molecule has 11 heteroatoms. The molecule has 0 fully saturated rings. The number of aromatic nitrogens is 1. The molecule has 5 unspecified atom stereocenters. The molecule has 0 aromatic carbocycles. The van der Waals surface area contributed by atoms with Gasteiger partial charge in [0.15, 0.2) is 0 Å². The second-order valence-electron chi connectivity index (χ2n) is 10.2. The van der Waals surface area contributed by atoms with Crippen molar-refractivity contribution in [3.8, 4) is 0 Å². The molecule has 0 spiro atoms. The van der Waals surface area contributed by atoms with Crippen molar-refractivity contribution in [2.45, 2.75) is 84.2 Å². The van der Waals surface area contributed by atoms with Crippen LogP contribution >= 0.6 is 22.9 Å². The third-order valence-electron chi connectivity index (χ3n) is 6.85. The third kappa shape index (κ3) is 8.49. The molecule has 0 radical (unpaired) electrons. The van der Waals surface area contributed by atoms with E-state index in [4.69, 9.17) is 16.3 Å². The predicted octanol–water partition coefficient (Wildman–Crippen LogP) is 6.02. The first-order valence-corrected chi connectivity index (χ1v) is 13.7. The Morgan fingerprint density at radius 3 is 2.53 bits per heavy atom. The number of esters is 1. The highest BCUT2D eigenvalue weighted by atomic mass is 35.5. The van der Waals surface area contributed by atoms with Gasteiger partial charge in [0.1, 0.15) is 16.9 Å². The van der Waals surface area contributed by atoms with Crippen molar-refractivity contribution in [3.63, 3.8) is 0 Å².